The summed E-state index contributed by atoms with van der Waals surface area (Å²) in [6.45, 7) is 0.671. The Hall–Kier alpha value is -3.05. The molecule has 1 aliphatic rings. The van der Waals surface area contributed by atoms with Gasteiger partial charge in [-0.3, -0.25) is 0 Å². The molecule has 0 bridgehead atoms. The van der Waals surface area contributed by atoms with Crippen molar-refractivity contribution >= 4 is 32.7 Å². The molecular weight excluding hydrogens is 459 g/mol. The molecule has 3 aromatic rings. The van der Waals surface area contributed by atoms with Gasteiger partial charge in [0.15, 0.2) is 11.4 Å². The van der Waals surface area contributed by atoms with Crippen LogP contribution in [-0.4, -0.2) is 44.7 Å². The third-order valence-electron chi connectivity index (χ3n) is 5.54. The van der Waals surface area contributed by atoms with Gasteiger partial charge in [0.25, 0.3) is 0 Å². The average Bonchev–Trinajstić information content (AvgIpc) is 3.01. The van der Waals surface area contributed by atoms with E-state index in [4.69, 9.17) is 4.42 Å². The van der Waals surface area contributed by atoms with Crippen LogP contribution in [0.15, 0.2) is 41.0 Å². The molecule has 0 saturated carbocycles. The van der Waals surface area contributed by atoms with Gasteiger partial charge in [-0.05, 0) is 37.5 Å². The molecule has 4 rings (SSSR count). The van der Waals surface area contributed by atoms with Crippen molar-refractivity contribution < 1.29 is 30.8 Å². The highest BCUT2D eigenvalue weighted by Gasteiger charge is 2.25. The van der Waals surface area contributed by atoms with Crippen molar-refractivity contribution in [3.05, 3.63) is 54.0 Å². The molecule has 1 saturated heterocycles. The zero-order chi connectivity index (χ0) is 23.8. The largest absolute Gasteiger partial charge is 0.459 e. The van der Waals surface area contributed by atoms with Crippen LogP contribution in [0.2, 0.25) is 0 Å². The molecule has 176 valence electrons. The van der Waals surface area contributed by atoms with E-state index in [0.717, 1.165) is 30.7 Å². The fourth-order valence-electron chi connectivity index (χ4n) is 4.09. The van der Waals surface area contributed by atoms with Gasteiger partial charge in [0.05, 0.1) is 22.9 Å². The van der Waals surface area contributed by atoms with Crippen LogP contribution < -0.4 is 10.0 Å². The van der Waals surface area contributed by atoms with Crippen molar-refractivity contribution in [2.24, 2.45) is 0 Å². The van der Waals surface area contributed by atoms with Gasteiger partial charge in [-0.15, -0.1) is 0 Å². The smallest absolute Gasteiger partial charge is 0.321 e. The Morgan fingerprint density at radius 2 is 1.79 bits per heavy atom. The highest BCUT2D eigenvalue weighted by Crippen LogP contribution is 2.39. The normalized spacial score (nSPS) is 17.2. The molecule has 7 nitrogen and oxygen atoms in total. The third kappa shape index (κ3) is 4.98. The zero-order valence-electron chi connectivity index (χ0n) is 17.7. The van der Waals surface area contributed by atoms with Gasteiger partial charge in [-0.2, -0.15) is 0 Å². The Bertz CT molecular complexity index is 1290. The molecule has 1 unspecified atom stereocenters. The Morgan fingerprint density at radius 3 is 2.48 bits per heavy atom. The maximum absolute atomic E-state index is 14.4. The van der Waals surface area contributed by atoms with Crippen LogP contribution in [0.25, 0.3) is 22.1 Å². The number of sulfonamides is 1. The average molecular weight is 481 g/mol. The molecule has 0 spiro atoms. The quantitative estimate of drug-likeness (QED) is 0.576. The number of amides is 2. The van der Waals surface area contributed by atoms with Gasteiger partial charge >= 0.3 is 6.03 Å². The summed E-state index contributed by atoms with van der Waals surface area (Å²) in [4.78, 5) is 14.4. The van der Waals surface area contributed by atoms with Crippen LogP contribution in [0, 0.1) is 17.5 Å². The summed E-state index contributed by atoms with van der Waals surface area (Å²) in [5.74, 6) is -2.41. The molecule has 33 heavy (non-hydrogen) atoms. The number of anilines is 1. The molecule has 1 atom stereocenters. The van der Waals surface area contributed by atoms with Crippen LogP contribution in [0.3, 0.4) is 0 Å². The fourth-order valence-corrected chi connectivity index (χ4v) is 4.93. The molecule has 1 aliphatic heterocycles. The summed E-state index contributed by atoms with van der Waals surface area (Å²) in [5.41, 5.74) is -0.482. The second kappa shape index (κ2) is 9.06. The minimum atomic E-state index is -3.36. The standard InChI is InChI=1S/C22H22F3N3O4S/c1-33(30,31)27-13-4-3-10-28(11-9-13)22(29)26-18-12-32-21-17(25)8-7-14(20(18)21)19-15(23)5-2-6-16(19)24/h2,5-8,12-13,27H,3-4,9-11H2,1H3,(H,26,29). The zero-order valence-corrected chi connectivity index (χ0v) is 18.5. The van der Waals surface area contributed by atoms with Crippen LogP contribution in [0.4, 0.5) is 23.7 Å². The second-order valence-electron chi connectivity index (χ2n) is 7.98. The Labute approximate surface area is 188 Å². The second-order valence-corrected chi connectivity index (χ2v) is 9.76. The lowest BCUT2D eigenvalue weighted by atomic mass is 9.99. The van der Waals surface area contributed by atoms with Crippen molar-refractivity contribution in [2.45, 2.75) is 25.3 Å². The van der Waals surface area contributed by atoms with E-state index < -0.39 is 33.5 Å². The number of urea groups is 1. The first-order valence-corrected chi connectivity index (χ1v) is 12.2. The third-order valence-corrected chi connectivity index (χ3v) is 6.30. The first-order chi connectivity index (χ1) is 15.6. The summed E-state index contributed by atoms with van der Waals surface area (Å²) >= 11 is 0. The monoisotopic (exact) mass is 481 g/mol. The molecule has 0 radical (unpaired) electrons. The number of furan rings is 1. The minimum Gasteiger partial charge on any atom is -0.459 e. The summed E-state index contributed by atoms with van der Waals surface area (Å²) in [7, 11) is -3.36. The number of nitrogens with one attached hydrogen (secondary N) is 2. The molecule has 2 N–H and O–H groups in total. The van der Waals surface area contributed by atoms with Crippen LogP contribution in [-0.2, 0) is 10.0 Å². The number of carbonyl (C=O) groups excluding carboxylic acids is 1. The van der Waals surface area contributed by atoms with Gasteiger partial charge in [-0.1, -0.05) is 12.1 Å². The van der Waals surface area contributed by atoms with Crippen LogP contribution in [0.5, 0.6) is 0 Å². The Balaban J connectivity index is 1.62. The number of benzene rings is 2. The van der Waals surface area contributed by atoms with Gasteiger partial charge < -0.3 is 14.6 Å². The van der Waals surface area contributed by atoms with E-state index in [-0.39, 0.29) is 40.4 Å². The number of rotatable bonds is 4. The predicted octanol–water partition coefficient (Wildman–Crippen LogP) is 4.45. The van der Waals surface area contributed by atoms with Crippen molar-refractivity contribution in [3.63, 3.8) is 0 Å². The minimum absolute atomic E-state index is 0.0405. The SMILES string of the molecule is CS(=O)(=O)NC1CCCN(C(=O)Nc2coc3c(F)ccc(-c4c(F)cccc4F)c23)CC1. The number of likely N-dealkylation sites (tertiary alicyclic amines) is 1. The van der Waals surface area contributed by atoms with E-state index in [1.807, 2.05) is 0 Å². The molecule has 2 aromatic carbocycles. The summed E-state index contributed by atoms with van der Waals surface area (Å²) in [6, 6.07) is 4.88. The lowest BCUT2D eigenvalue weighted by Gasteiger charge is -2.21. The topological polar surface area (TPSA) is 91.7 Å². The van der Waals surface area contributed by atoms with Crippen LogP contribution >= 0.6 is 0 Å². The number of hydrogen-bond donors (Lipinski definition) is 2. The van der Waals surface area contributed by atoms with Crippen molar-refractivity contribution in [2.75, 3.05) is 24.7 Å². The van der Waals surface area contributed by atoms with Gasteiger partial charge in [0, 0.05) is 24.7 Å². The molecule has 0 aliphatic carbocycles. The Morgan fingerprint density at radius 1 is 1.06 bits per heavy atom. The van der Waals surface area contributed by atoms with Crippen molar-refractivity contribution in [1.29, 1.82) is 0 Å². The highest BCUT2D eigenvalue weighted by molar-refractivity contribution is 7.88. The number of halogens is 3. The van der Waals surface area contributed by atoms with Crippen LogP contribution in [0.1, 0.15) is 19.3 Å². The van der Waals surface area contributed by atoms with Gasteiger partial charge in [-0.25, -0.2) is 31.1 Å². The molecule has 2 amide bonds. The maximum atomic E-state index is 14.4. The summed E-state index contributed by atoms with van der Waals surface area (Å²) in [5, 5.41) is 2.69. The lowest BCUT2D eigenvalue weighted by molar-refractivity contribution is 0.213. The van der Waals surface area contributed by atoms with E-state index in [2.05, 4.69) is 10.0 Å². The molecule has 1 fully saturated rings. The summed E-state index contributed by atoms with van der Waals surface area (Å²) < 4.78 is 74.1. The fraction of sp³-hybridized carbons (Fsp3) is 0.318. The molecular formula is C22H22F3N3O4S. The van der Waals surface area contributed by atoms with E-state index >= 15 is 0 Å². The predicted molar refractivity (Wildman–Crippen MR) is 118 cm³/mol. The summed E-state index contributed by atoms with van der Waals surface area (Å²) in [6.07, 6.45) is 3.79. The first-order valence-electron chi connectivity index (χ1n) is 10.3. The highest BCUT2D eigenvalue weighted by atomic mass is 32.2. The molecule has 1 aromatic heterocycles. The maximum Gasteiger partial charge on any atom is 0.321 e. The van der Waals surface area contributed by atoms with Crippen molar-refractivity contribution in [3.8, 4) is 11.1 Å². The van der Waals surface area contributed by atoms with Gasteiger partial charge in [0.1, 0.15) is 17.9 Å². The molecule has 11 heteroatoms. The van der Waals surface area contributed by atoms with Gasteiger partial charge in [0.2, 0.25) is 10.0 Å². The molecule has 2 heterocycles. The van der Waals surface area contributed by atoms with Crippen molar-refractivity contribution in [1.82, 2.24) is 9.62 Å². The number of fused-ring (bicyclic) bond motifs is 1. The first kappa shape index (κ1) is 23.1. The number of nitrogens with zero attached hydrogens (tertiary/aromatic N) is 1. The van der Waals surface area contributed by atoms with E-state index in [9.17, 15) is 26.4 Å². The Kier molecular flexibility index (Phi) is 6.35. The van der Waals surface area contributed by atoms with E-state index in [1.165, 1.54) is 17.0 Å². The lowest BCUT2D eigenvalue weighted by Crippen LogP contribution is -2.37. The van der Waals surface area contributed by atoms with E-state index in [0.29, 0.717) is 25.8 Å². The number of hydrogen-bond acceptors (Lipinski definition) is 4. The number of carbonyl (C=O) groups is 1. The van der Waals surface area contributed by atoms with E-state index in [1.54, 1.807) is 0 Å².